The van der Waals surface area contributed by atoms with Gasteiger partial charge in [0.25, 0.3) is 0 Å². The maximum atomic E-state index is 6.01. The minimum atomic E-state index is 0.0340. The maximum absolute atomic E-state index is 6.01. The van der Waals surface area contributed by atoms with E-state index in [1.54, 1.807) is 0 Å². The summed E-state index contributed by atoms with van der Waals surface area (Å²) in [5, 5.41) is 8.59. The van der Waals surface area contributed by atoms with E-state index in [4.69, 9.17) is 17.3 Å². The molecule has 6 heteroatoms. The summed E-state index contributed by atoms with van der Waals surface area (Å²) in [5.41, 5.74) is 9.11. The minimum absolute atomic E-state index is 0.0340. The smallest absolute Gasteiger partial charge is 0.0674 e. The van der Waals surface area contributed by atoms with E-state index in [1.807, 2.05) is 36.1 Å². The second kappa shape index (κ2) is 6.61. The summed E-state index contributed by atoms with van der Waals surface area (Å²) in [6.07, 6.45) is 2.91. The molecule has 0 aliphatic carbocycles. The van der Waals surface area contributed by atoms with E-state index in [2.05, 4.69) is 33.3 Å². The Morgan fingerprint density at radius 1 is 1.50 bits per heavy atom. The topological polar surface area (TPSA) is 55.9 Å². The van der Waals surface area contributed by atoms with Crippen molar-refractivity contribution in [3.8, 4) is 0 Å². The second-order valence-corrected chi connectivity index (χ2v) is 5.88. The zero-order valence-corrected chi connectivity index (χ0v) is 13.9. The van der Waals surface area contributed by atoms with Gasteiger partial charge in [-0.05, 0) is 40.5 Å². The van der Waals surface area contributed by atoms with Crippen molar-refractivity contribution in [1.29, 1.82) is 0 Å². The second-order valence-electron chi connectivity index (χ2n) is 4.62. The number of hydrogen-bond acceptors (Lipinski definition) is 3. The van der Waals surface area contributed by atoms with E-state index >= 15 is 0 Å². The molecule has 0 aliphatic rings. The van der Waals surface area contributed by atoms with E-state index in [9.17, 15) is 0 Å². The molecule has 0 aliphatic heterocycles. The molecule has 108 valence electrons. The highest BCUT2D eigenvalue weighted by Crippen LogP contribution is 2.28. The Morgan fingerprint density at radius 2 is 2.25 bits per heavy atom. The fraction of sp³-hybridized carbons (Fsp3) is 0.357. The monoisotopic (exact) mass is 356 g/mol. The van der Waals surface area contributed by atoms with Crippen molar-refractivity contribution in [2.24, 2.45) is 12.8 Å². The van der Waals surface area contributed by atoms with Crippen LogP contribution in [0.25, 0.3) is 0 Å². The molecule has 0 radical (unpaired) electrons. The lowest BCUT2D eigenvalue weighted by Gasteiger charge is -2.18. The molecule has 4 nitrogen and oxygen atoms in total. The summed E-state index contributed by atoms with van der Waals surface area (Å²) >= 11 is 9.43. The highest BCUT2D eigenvalue weighted by atomic mass is 79.9. The number of nitrogens with two attached hydrogens (primary N) is 1. The van der Waals surface area contributed by atoms with Gasteiger partial charge in [-0.25, -0.2) is 0 Å². The van der Waals surface area contributed by atoms with Gasteiger partial charge in [0.2, 0.25) is 0 Å². The van der Waals surface area contributed by atoms with Crippen molar-refractivity contribution in [1.82, 2.24) is 9.78 Å². The van der Waals surface area contributed by atoms with Gasteiger partial charge in [0.05, 0.1) is 16.8 Å². The molecule has 0 saturated carbocycles. The molecule has 0 fully saturated rings. The number of nitrogens with one attached hydrogen (secondary N) is 1. The van der Waals surface area contributed by atoms with Crippen molar-refractivity contribution in [3.63, 3.8) is 0 Å². The van der Waals surface area contributed by atoms with Gasteiger partial charge in [-0.1, -0.05) is 18.5 Å². The van der Waals surface area contributed by atoms with Crippen molar-refractivity contribution in [2.45, 2.75) is 19.4 Å². The first kappa shape index (κ1) is 15.4. The molecule has 0 saturated heterocycles. The summed E-state index contributed by atoms with van der Waals surface area (Å²) in [6, 6.07) is 5.78. The lowest BCUT2D eigenvalue weighted by molar-refractivity contribution is 0.746. The van der Waals surface area contributed by atoms with Crippen LogP contribution in [-0.2, 0) is 13.5 Å². The Bertz CT molecular complexity index is 597. The van der Waals surface area contributed by atoms with Gasteiger partial charge in [-0.2, -0.15) is 5.10 Å². The number of aromatic nitrogens is 2. The van der Waals surface area contributed by atoms with E-state index in [1.165, 1.54) is 0 Å². The number of halogens is 2. The van der Waals surface area contributed by atoms with Crippen molar-refractivity contribution in [3.05, 3.63) is 45.1 Å². The fourth-order valence-electron chi connectivity index (χ4n) is 2.17. The standard InChI is InChI=1S/C14H18BrClN4/c1-3-13-10(8-20(2)19-13)14(7-17)18-9-4-5-12(16)11(15)6-9/h4-6,8,14,18H,3,7,17H2,1-2H3. The highest BCUT2D eigenvalue weighted by molar-refractivity contribution is 9.10. The minimum Gasteiger partial charge on any atom is -0.377 e. The molecule has 20 heavy (non-hydrogen) atoms. The van der Waals surface area contributed by atoms with E-state index in [0.29, 0.717) is 11.6 Å². The third-order valence-electron chi connectivity index (χ3n) is 3.14. The van der Waals surface area contributed by atoms with E-state index in [-0.39, 0.29) is 6.04 Å². The van der Waals surface area contributed by atoms with E-state index < -0.39 is 0 Å². The largest absolute Gasteiger partial charge is 0.377 e. The van der Waals surface area contributed by atoms with Crippen LogP contribution < -0.4 is 11.1 Å². The Morgan fingerprint density at radius 3 is 2.85 bits per heavy atom. The number of hydrogen-bond donors (Lipinski definition) is 2. The van der Waals surface area contributed by atoms with Crippen LogP contribution in [0.4, 0.5) is 5.69 Å². The van der Waals surface area contributed by atoms with Gasteiger partial charge in [-0.3, -0.25) is 4.68 Å². The van der Waals surface area contributed by atoms with Crippen LogP contribution in [0.3, 0.4) is 0 Å². The lowest BCUT2D eigenvalue weighted by atomic mass is 10.1. The molecule has 1 aromatic carbocycles. The Hall–Kier alpha value is -1.04. The van der Waals surface area contributed by atoms with Gasteiger partial charge in [0.15, 0.2) is 0 Å². The van der Waals surface area contributed by atoms with Crippen LogP contribution in [0.5, 0.6) is 0 Å². The number of rotatable bonds is 5. The molecule has 1 unspecified atom stereocenters. The summed E-state index contributed by atoms with van der Waals surface area (Å²) in [4.78, 5) is 0. The summed E-state index contributed by atoms with van der Waals surface area (Å²) < 4.78 is 2.69. The molecule has 3 N–H and O–H groups in total. The van der Waals surface area contributed by atoms with Crippen LogP contribution in [0.1, 0.15) is 24.2 Å². The summed E-state index contributed by atoms with van der Waals surface area (Å²) in [6.45, 7) is 2.59. The number of nitrogens with zero attached hydrogens (tertiary/aromatic N) is 2. The van der Waals surface area contributed by atoms with Crippen molar-refractivity contribution in [2.75, 3.05) is 11.9 Å². The van der Waals surface area contributed by atoms with Gasteiger partial charge in [-0.15, -0.1) is 0 Å². The average molecular weight is 358 g/mol. The maximum Gasteiger partial charge on any atom is 0.0674 e. The molecule has 2 rings (SSSR count). The van der Waals surface area contributed by atoms with Gasteiger partial charge in [0.1, 0.15) is 0 Å². The number of benzene rings is 1. The SMILES string of the molecule is CCc1nn(C)cc1C(CN)Nc1ccc(Cl)c(Br)c1. The van der Waals surface area contributed by atoms with Crippen LogP contribution in [0.2, 0.25) is 5.02 Å². The molecular weight excluding hydrogens is 340 g/mol. The average Bonchev–Trinajstić information content (AvgIpc) is 2.81. The lowest BCUT2D eigenvalue weighted by Crippen LogP contribution is -2.21. The van der Waals surface area contributed by atoms with Crippen LogP contribution >= 0.6 is 27.5 Å². The van der Waals surface area contributed by atoms with Crippen molar-refractivity contribution >= 4 is 33.2 Å². The third kappa shape index (κ3) is 3.34. The molecule has 0 amide bonds. The fourth-order valence-corrected chi connectivity index (χ4v) is 2.67. The number of anilines is 1. The molecule has 1 heterocycles. The van der Waals surface area contributed by atoms with E-state index in [0.717, 1.165) is 27.8 Å². The Labute approximate surface area is 132 Å². The quantitative estimate of drug-likeness (QED) is 0.861. The molecular formula is C14H18BrClN4. The predicted molar refractivity (Wildman–Crippen MR) is 87.2 cm³/mol. The molecule has 2 aromatic rings. The normalized spacial score (nSPS) is 12.4. The van der Waals surface area contributed by atoms with Gasteiger partial charge >= 0.3 is 0 Å². The van der Waals surface area contributed by atoms with Crippen molar-refractivity contribution < 1.29 is 0 Å². The van der Waals surface area contributed by atoms with Crippen LogP contribution in [-0.4, -0.2) is 16.3 Å². The first-order valence-corrected chi connectivity index (χ1v) is 7.66. The van der Waals surface area contributed by atoms with Gasteiger partial charge < -0.3 is 11.1 Å². The molecule has 0 spiro atoms. The Balaban J connectivity index is 2.26. The zero-order chi connectivity index (χ0) is 14.7. The molecule has 1 aromatic heterocycles. The van der Waals surface area contributed by atoms with Crippen LogP contribution in [0.15, 0.2) is 28.9 Å². The highest BCUT2D eigenvalue weighted by Gasteiger charge is 2.16. The molecule has 0 bridgehead atoms. The third-order valence-corrected chi connectivity index (χ3v) is 4.36. The first-order valence-electron chi connectivity index (χ1n) is 6.49. The van der Waals surface area contributed by atoms with Gasteiger partial charge in [0, 0.05) is 35.5 Å². The Kier molecular flexibility index (Phi) is 5.07. The summed E-state index contributed by atoms with van der Waals surface area (Å²) in [5.74, 6) is 0. The number of aryl methyl sites for hydroxylation is 2. The summed E-state index contributed by atoms with van der Waals surface area (Å²) in [7, 11) is 1.93. The van der Waals surface area contributed by atoms with Crippen LogP contribution in [0, 0.1) is 0 Å². The first-order chi connectivity index (χ1) is 9.55. The molecule has 1 atom stereocenters. The zero-order valence-electron chi connectivity index (χ0n) is 11.5. The predicted octanol–water partition coefficient (Wildman–Crippen LogP) is 3.51.